The van der Waals surface area contributed by atoms with Crippen molar-refractivity contribution in [3.8, 4) is 27.8 Å². The van der Waals surface area contributed by atoms with Gasteiger partial charge >= 0.3 is 0 Å². The Balaban J connectivity index is 1.76. The summed E-state index contributed by atoms with van der Waals surface area (Å²) < 4.78 is 1.86. The first kappa shape index (κ1) is 16.0. The number of rotatable bonds is 3. The quantitative estimate of drug-likeness (QED) is 0.492. The molecule has 0 atom stereocenters. The molecule has 0 saturated carbocycles. The van der Waals surface area contributed by atoms with Crippen LogP contribution in [0, 0.1) is 13.8 Å². The van der Waals surface area contributed by atoms with Crippen LogP contribution < -0.4 is 0 Å². The second-order valence-corrected chi connectivity index (χ2v) is 7.16. The fourth-order valence-corrected chi connectivity index (χ4v) is 3.41. The number of thiophene rings is 1. The Hall–Kier alpha value is -2.50. The number of hydrogen-bond acceptors (Lipinski definition) is 4. The van der Waals surface area contributed by atoms with Crippen LogP contribution in [0.2, 0.25) is 5.02 Å². The first-order chi connectivity index (χ1) is 12.1. The van der Waals surface area contributed by atoms with Crippen LogP contribution in [-0.4, -0.2) is 19.5 Å². The van der Waals surface area contributed by atoms with Crippen LogP contribution in [-0.2, 0) is 0 Å². The molecule has 0 bridgehead atoms. The third-order valence-corrected chi connectivity index (χ3v) is 5.20. The van der Waals surface area contributed by atoms with E-state index in [4.69, 9.17) is 16.6 Å². The summed E-state index contributed by atoms with van der Waals surface area (Å²) in [7, 11) is 0. The highest BCUT2D eigenvalue weighted by molar-refractivity contribution is 7.13. The molecule has 0 aliphatic rings. The van der Waals surface area contributed by atoms with Gasteiger partial charge in [-0.3, -0.25) is 4.57 Å². The van der Waals surface area contributed by atoms with Crippen LogP contribution in [0.4, 0.5) is 0 Å². The van der Waals surface area contributed by atoms with Crippen LogP contribution in [0.15, 0.2) is 54.3 Å². The van der Waals surface area contributed by atoms with Crippen molar-refractivity contribution >= 4 is 22.9 Å². The van der Waals surface area contributed by atoms with Crippen molar-refractivity contribution in [2.45, 2.75) is 13.8 Å². The molecule has 124 valence electrons. The number of halogens is 1. The molecule has 0 fully saturated rings. The smallest absolute Gasteiger partial charge is 0.235 e. The van der Waals surface area contributed by atoms with Gasteiger partial charge in [-0.15, -0.1) is 11.3 Å². The van der Waals surface area contributed by atoms with Crippen molar-refractivity contribution in [2.75, 3.05) is 0 Å². The van der Waals surface area contributed by atoms with Gasteiger partial charge in [0.1, 0.15) is 6.33 Å². The van der Waals surface area contributed by atoms with E-state index < -0.39 is 0 Å². The highest BCUT2D eigenvalue weighted by Gasteiger charge is 2.10. The minimum atomic E-state index is 0.609. The minimum Gasteiger partial charge on any atom is -0.274 e. The molecule has 3 aromatic heterocycles. The zero-order valence-electron chi connectivity index (χ0n) is 13.8. The summed E-state index contributed by atoms with van der Waals surface area (Å²) in [5, 5.41) is 2.79. The summed E-state index contributed by atoms with van der Waals surface area (Å²) in [5.74, 6) is 0.609. The third kappa shape index (κ3) is 3.21. The second kappa shape index (κ2) is 6.43. The number of imidazole rings is 1. The summed E-state index contributed by atoms with van der Waals surface area (Å²) in [5.41, 5.74) is 4.74. The van der Waals surface area contributed by atoms with E-state index in [9.17, 15) is 0 Å². The average molecular weight is 367 g/mol. The van der Waals surface area contributed by atoms with Gasteiger partial charge < -0.3 is 0 Å². The molecule has 4 nitrogen and oxygen atoms in total. The molecule has 4 aromatic rings. The molecule has 6 heteroatoms. The van der Waals surface area contributed by atoms with Gasteiger partial charge in [-0.05, 0) is 49.1 Å². The first-order valence-corrected chi connectivity index (χ1v) is 9.06. The molecule has 3 heterocycles. The third-order valence-electron chi connectivity index (χ3n) is 3.88. The van der Waals surface area contributed by atoms with Gasteiger partial charge in [-0.25, -0.2) is 15.0 Å². The van der Waals surface area contributed by atoms with E-state index in [0.29, 0.717) is 5.95 Å². The molecule has 0 unspecified atom stereocenters. The van der Waals surface area contributed by atoms with Crippen molar-refractivity contribution in [3.05, 3.63) is 70.6 Å². The van der Waals surface area contributed by atoms with Crippen LogP contribution in [0.1, 0.15) is 11.3 Å². The highest BCUT2D eigenvalue weighted by Crippen LogP contribution is 2.26. The topological polar surface area (TPSA) is 43.6 Å². The Morgan fingerprint density at radius 3 is 2.68 bits per heavy atom. The van der Waals surface area contributed by atoms with Crippen molar-refractivity contribution in [3.63, 3.8) is 0 Å². The van der Waals surface area contributed by atoms with Crippen LogP contribution in [0.5, 0.6) is 0 Å². The van der Waals surface area contributed by atoms with E-state index in [2.05, 4.69) is 16.0 Å². The molecular weight excluding hydrogens is 352 g/mol. The Labute approximate surface area is 154 Å². The number of aryl methyl sites for hydroxylation is 2. The molecule has 0 spiro atoms. The number of hydrogen-bond donors (Lipinski definition) is 0. The lowest BCUT2D eigenvalue weighted by atomic mass is 10.1. The maximum absolute atomic E-state index is 6.13. The molecule has 1 aromatic carbocycles. The van der Waals surface area contributed by atoms with E-state index >= 15 is 0 Å². The lowest BCUT2D eigenvalue weighted by Crippen LogP contribution is -2.01. The number of benzene rings is 1. The average Bonchev–Trinajstić information content (AvgIpc) is 3.28. The maximum Gasteiger partial charge on any atom is 0.235 e. The molecule has 25 heavy (non-hydrogen) atoms. The van der Waals surface area contributed by atoms with Crippen LogP contribution in [0.3, 0.4) is 0 Å². The molecule has 0 N–H and O–H groups in total. The Morgan fingerprint density at radius 2 is 1.92 bits per heavy atom. The SMILES string of the molecule is Cc1cc(-c2ccc(Cl)c(C)c2)nc(-n2cnc(-c3cccs3)c2)n1. The molecule has 4 rings (SSSR count). The predicted molar refractivity (Wildman–Crippen MR) is 102 cm³/mol. The maximum atomic E-state index is 6.13. The molecular formula is C19H15ClN4S. The van der Waals surface area contributed by atoms with Crippen molar-refractivity contribution in [1.82, 2.24) is 19.5 Å². The minimum absolute atomic E-state index is 0.609. The molecule has 0 amide bonds. The number of aromatic nitrogens is 4. The van der Waals surface area contributed by atoms with E-state index in [0.717, 1.165) is 38.1 Å². The first-order valence-electron chi connectivity index (χ1n) is 7.80. The standard InChI is InChI=1S/C19H15ClN4S/c1-12-8-14(5-6-15(12)20)16-9-13(2)22-19(23-16)24-10-17(21-11-24)18-4-3-7-25-18/h3-11H,1-2H3. The zero-order chi connectivity index (χ0) is 17.4. The fourth-order valence-electron chi connectivity index (χ4n) is 2.60. The normalized spacial score (nSPS) is 11.0. The monoisotopic (exact) mass is 366 g/mol. The van der Waals surface area contributed by atoms with Gasteiger partial charge in [-0.1, -0.05) is 23.7 Å². The molecule has 0 saturated heterocycles. The van der Waals surface area contributed by atoms with Gasteiger partial charge in [0, 0.05) is 22.5 Å². The van der Waals surface area contributed by atoms with E-state index in [1.165, 1.54) is 0 Å². The lowest BCUT2D eigenvalue weighted by Gasteiger charge is -2.08. The molecule has 0 aliphatic carbocycles. The summed E-state index contributed by atoms with van der Waals surface area (Å²) in [6, 6.07) is 12.0. The Bertz CT molecular complexity index is 1040. The van der Waals surface area contributed by atoms with E-state index in [-0.39, 0.29) is 0 Å². The lowest BCUT2D eigenvalue weighted by molar-refractivity contribution is 0.912. The zero-order valence-corrected chi connectivity index (χ0v) is 15.3. The van der Waals surface area contributed by atoms with Gasteiger partial charge in [0.2, 0.25) is 5.95 Å². The summed E-state index contributed by atoms with van der Waals surface area (Å²) in [6.45, 7) is 3.96. The Kier molecular flexibility index (Phi) is 4.11. The molecule has 0 radical (unpaired) electrons. The fraction of sp³-hybridized carbons (Fsp3) is 0.105. The summed E-state index contributed by atoms with van der Waals surface area (Å²) in [4.78, 5) is 14.9. The second-order valence-electron chi connectivity index (χ2n) is 5.80. The van der Waals surface area contributed by atoms with E-state index in [1.54, 1.807) is 17.7 Å². The van der Waals surface area contributed by atoms with E-state index in [1.807, 2.05) is 60.3 Å². The van der Waals surface area contributed by atoms with Crippen molar-refractivity contribution in [1.29, 1.82) is 0 Å². The van der Waals surface area contributed by atoms with Gasteiger partial charge in [0.25, 0.3) is 0 Å². The predicted octanol–water partition coefficient (Wildman–Crippen LogP) is 5.33. The van der Waals surface area contributed by atoms with Gasteiger partial charge in [0.15, 0.2) is 0 Å². The van der Waals surface area contributed by atoms with Gasteiger partial charge in [0.05, 0.1) is 16.3 Å². The van der Waals surface area contributed by atoms with Crippen LogP contribution >= 0.6 is 22.9 Å². The highest BCUT2D eigenvalue weighted by atomic mass is 35.5. The summed E-state index contributed by atoms with van der Waals surface area (Å²) in [6.07, 6.45) is 3.71. The number of nitrogens with zero attached hydrogens (tertiary/aromatic N) is 4. The van der Waals surface area contributed by atoms with Gasteiger partial charge in [-0.2, -0.15) is 0 Å². The van der Waals surface area contributed by atoms with Crippen molar-refractivity contribution < 1.29 is 0 Å². The van der Waals surface area contributed by atoms with Crippen LogP contribution in [0.25, 0.3) is 27.8 Å². The summed E-state index contributed by atoms with van der Waals surface area (Å²) >= 11 is 7.80. The molecule has 0 aliphatic heterocycles. The largest absolute Gasteiger partial charge is 0.274 e. The Morgan fingerprint density at radius 1 is 1.04 bits per heavy atom. The van der Waals surface area contributed by atoms with Crippen molar-refractivity contribution in [2.24, 2.45) is 0 Å².